The second kappa shape index (κ2) is 9.12. The summed E-state index contributed by atoms with van der Waals surface area (Å²) < 4.78 is 10.5. The summed E-state index contributed by atoms with van der Waals surface area (Å²) in [5.74, 6) is -4.27. The normalized spacial score (nSPS) is 17.3. The van der Waals surface area contributed by atoms with Crippen molar-refractivity contribution in [1.29, 1.82) is 0 Å². The summed E-state index contributed by atoms with van der Waals surface area (Å²) in [5.41, 5.74) is -0.695. The summed E-state index contributed by atoms with van der Waals surface area (Å²) >= 11 is 0. The first-order valence-corrected chi connectivity index (χ1v) is 10.2. The number of esters is 2. The van der Waals surface area contributed by atoms with Gasteiger partial charge in [0.15, 0.2) is 5.78 Å². The second-order valence-corrected chi connectivity index (χ2v) is 7.26. The number of nitrogens with zero attached hydrogens (tertiary/aromatic N) is 1. The highest BCUT2D eigenvalue weighted by atomic mass is 16.6. The summed E-state index contributed by atoms with van der Waals surface area (Å²) in [6.45, 7) is 5.02. The molecule has 1 atom stereocenters. The van der Waals surface area contributed by atoms with Gasteiger partial charge in [-0.05, 0) is 32.9 Å². The average Bonchev–Trinajstić information content (AvgIpc) is 3.08. The Kier molecular flexibility index (Phi) is 6.53. The number of hydrogen-bond acceptors (Lipinski definition) is 6. The average molecular weight is 423 g/mol. The lowest BCUT2D eigenvalue weighted by atomic mass is 9.79. The first-order chi connectivity index (χ1) is 14.9. The SMILES string of the molecule is CCOC(=O)C1(C(=O)OCC)C(C(=O)c2ccccc2)CC(=O)N1c1ccc(C)cc1. The lowest BCUT2D eigenvalue weighted by Gasteiger charge is -2.36. The van der Waals surface area contributed by atoms with Crippen molar-refractivity contribution in [3.63, 3.8) is 0 Å². The van der Waals surface area contributed by atoms with Gasteiger partial charge in [0.05, 0.1) is 19.1 Å². The Morgan fingerprint density at radius 3 is 2.00 bits per heavy atom. The maximum atomic E-state index is 13.5. The number of Topliss-reactive ketones (excluding diaryl/α,β-unsaturated/α-hetero) is 1. The lowest BCUT2D eigenvalue weighted by molar-refractivity contribution is -0.165. The highest BCUT2D eigenvalue weighted by molar-refractivity contribution is 6.24. The molecule has 0 radical (unpaired) electrons. The van der Waals surface area contributed by atoms with Crippen LogP contribution >= 0.6 is 0 Å². The zero-order valence-corrected chi connectivity index (χ0v) is 17.8. The fraction of sp³-hybridized carbons (Fsp3) is 0.333. The third kappa shape index (κ3) is 3.83. The highest BCUT2D eigenvalue weighted by Crippen LogP contribution is 2.43. The van der Waals surface area contributed by atoms with Crippen molar-refractivity contribution >= 4 is 29.3 Å². The van der Waals surface area contributed by atoms with Gasteiger partial charge >= 0.3 is 11.9 Å². The number of benzene rings is 2. The van der Waals surface area contributed by atoms with Crippen LogP contribution < -0.4 is 4.90 Å². The molecule has 1 amide bonds. The molecular formula is C24H25NO6. The van der Waals surface area contributed by atoms with E-state index >= 15 is 0 Å². The van der Waals surface area contributed by atoms with Gasteiger partial charge < -0.3 is 9.47 Å². The number of rotatable bonds is 7. The Labute approximate surface area is 180 Å². The second-order valence-electron chi connectivity index (χ2n) is 7.26. The van der Waals surface area contributed by atoms with E-state index in [-0.39, 0.29) is 19.6 Å². The van der Waals surface area contributed by atoms with E-state index in [4.69, 9.17) is 9.47 Å². The molecule has 2 aromatic rings. The van der Waals surface area contributed by atoms with Crippen molar-refractivity contribution in [3.05, 3.63) is 65.7 Å². The summed E-state index contributed by atoms with van der Waals surface area (Å²) in [7, 11) is 0. The molecule has 1 aliphatic rings. The van der Waals surface area contributed by atoms with E-state index in [9.17, 15) is 19.2 Å². The van der Waals surface area contributed by atoms with Crippen LogP contribution in [0, 0.1) is 12.8 Å². The molecular weight excluding hydrogens is 398 g/mol. The van der Waals surface area contributed by atoms with Crippen LogP contribution in [0.5, 0.6) is 0 Å². The van der Waals surface area contributed by atoms with Gasteiger partial charge in [0.25, 0.3) is 5.54 Å². The Morgan fingerprint density at radius 2 is 1.48 bits per heavy atom. The quantitative estimate of drug-likeness (QED) is 0.386. The number of aryl methyl sites for hydroxylation is 1. The summed E-state index contributed by atoms with van der Waals surface area (Å²) in [6, 6.07) is 15.1. The molecule has 1 heterocycles. The summed E-state index contributed by atoms with van der Waals surface area (Å²) in [4.78, 5) is 54.5. The molecule has 0 aromatic heterocycles. The number of ether oxygens (including phenoxy) is 2. The Hall–Kier alpha value is -3.48. The molecule has 7 heteroatoms. The van der Waals surface area contributed by atoms with Gasteiger partial charge in [-0.25, -0.2) is 9.59 Å². The van der Waals surface area contributed by atoms with Gasteiger partial charge in [-0.15, -0.1) is 0 Å². The van der Waals surface area contributed by atoms with E-state index in [1.807, 2.05) is 6.92 Å². The maximum Gasteiger partial charge on any atom is 0.345 e. The number of hydrogen-bond donors (Lipinski definition) is 0. The molecule has 1 saturated heterocycles. The number of amides is 1. The predicted molar refractivity (Wildman–Crippen MR) is 114 cm³/mol. The molecule has 0 spiro atoms. The van der Waals surface area contributed by atoms with Gasteiger partial charge in [-0.1, -0.05) is 48.0 Å². The number of carbonyl (C=O) groups excluding carboxylic acids is 4. The molecule has 0 saturated carbocycles. The number of carbonyl (C=O) groups is 4. The van der Waals surface area contributed by atoms with Gasteiger partial charge in [0.2, 0.25) is 5.91 Å². The van der Waals surface area contributed by atoms with E-state index < -0.39 is 35.1 Å². The first kappa shape index (κ1) is 22.2. The highest BCUT2D eigenvalue weighted by Gasteiger charge is 2.68. The van der Waals surface area contributed by atoms with Gasteiger partial charge in [0.1, 0.15) is 0 Å². The monoisotopic (exact) mass is 423 g/mol. The van der Waals surface area contributed by atoms with Crippen LogP contribution in [0.15, 0.2) is 54.6 Å². The van der Waals surface area contributed by atoms with Crippen LogP contribution in [0.3, 0.4) is 0 Å². The molecule has 31 heavy (non-hydrogen) atoms. The fourth-order valence-corrected chi connectivity index (χ4v) is 3.93. The fourth-order valence-electron chi connectivity index (χ4n) is 3.93. The van der Waals surface area contributed by atoms with E-state index in [0.29, 0.717) is 11.3 Å². The predicted octanol–water partition coefficient (Wildman–Crippen LogP) is 3.10. The largest absolute Gasteiger partial charge is 0.464 e. The molecule has 0 aliphatic carbocycles. The molecule has 1 unspecified atom stereocenters. The minimum absolute atomic E-state index is 0.0256. The number of anilines is 1. The summed E-state index contributed by atoms with van der Waals surface area (Å²) in [5, 5.41) is 0. The molecule has 1 aliphatic heterocycles. The van der Waals surface area contributed by atoms with Crippen LogP contribution in [0.4, 0.5) is 5.69 Å². The number of ketones is 1. The Bertz CT molecular complexity index is 965. The Morgan fingerprint density at radius 1 is 0.935 bits per heavy atom. The third-order valence-corrected chi connectivity index (χ3v) is 5.33. The van der Waals surface area contributed by atoms with Crippen molar-refractivity contribution in [2.24, 2.45) is 5.92 Å². The van der Waals surface area contributed by atoms with Crippen molar-refractivity contribution < 1.29 is 28.7 Å². The van der Waals surface area contributed by atoms with Crippen molar-refractivity contribution in [2.75, 3.05) is 18.1 Å². The first-order valence-electron chi connectivity index (χ1n) is 10.2. The zero-order valence-electron chi connectivity index (χ0n) is 17.8. The molecule has 162 valence electrons. The van der Waals surface area contributed by atoms with Gasteiger partial charge in [-0.3, -0.25) is 14.5 Å². The van der Waals surface area contributed by atoms with Gasteiger partial charge in [0, 0.05) is 17.7 Å². The van der Waals surface area contributed by atoms with Crippen molar-refractivity contribution in [3.8, 4) is 0 Å². The molecule has 2 aromatic carbocycles. The van der Waals surface area contributed by atoms with Crippen LogP contribution in [0.2, 0.25) is 0 Å². The van der Waals surface area contributed by atoms with E-state index in [0.717, 1.165) is 10.5 Å². The van der Waals surface area contributed by atoms with Crippen LogP contribution in [-0.4, -0.2) is 42.4 Å². The molecule has 7 nitrogen and oxygen atoms in total. The van der Waals surface area contributed by atoms with Gasteiger partial charge in [-0.2, -0.15) is 0 Å². The van der Waals surface area contributed by atoms with Crippen molar-refractivity contribution in [2.45, 2.75) is 32.7 Å². The van der Waals surface area contributed by atoms with Crippen LogP contribution in [0.25, 0.3) is 0 Å². The Balaban J connectivity index is 2.25. The van der Waals surface area contributed by atoms with E-state index in [2.05, 4.69) is 0 Å². The van der Waals surface area contributed by atoms with Crippen LogP contribution in [0.1, 0.15) is 36.2 Å². The minimum atomic E-state index is -2.24. The summed E-state index contributed by atoms with van der Waals surface area (Å²) in [6.07, 6.45) is -0.320. The smallest absolute Gasteiger partial charge is 0.345 e. The topological polar surface area (TPSA) is 90.0 Å². The third-order valence-electron chi connectivity index (χ3n) is 5.33. The standard InChI is InChI=1S/C24H25NO6/c1-4-30-22(28)24(23(29)31-5-2)19(21(27)17-9-7-6-8-10-17)15-20(26)25(24)18-13-11-16(3)12-14-18/h6-14,19H,4-5,15H2,1-3H3. The molecule has 3 rings (SSSR count). The molecule has 0 bridgehead atoms. The van der Waals surface area contributed by atoms with E-state index in [1.54, 1.807) is 68.4 Å². The maximum absolute atomic E-state index is 13.5. The lowest BCUT2D eigenvalue weighted by Crippen LogP contribution is -2.64. The molecule has 1 fully saturated rings. The van der Waals surface area contributed by atoms with E-state index in [1.165, 1.54) is 0 Å². The molecule has 0 N–H and O–H groups in total. The minimum Gasteiger partial charge on any atom is -0.464 e. The van der Waals surface area contributed by atoms with Crippen LogP contribution in [-0.2, 0) is 23.9 Å². The zero-order chi connectivity index (χ0) is 22.6. The van der Waals surface area contributed by atoms with Crippen molar-refractivity contribution in [1.82, 2.24) is 0 Å².